The number of halogens is 7. The molecule has 2 amide bonds. The summed E-state index contributed by atoms with van der Waals surface area (Å²) in [5.74, 6) is -6.50. The Labute approximate surface area is 209 Å². The summed E-state index contributed by atoms with van der Waals surface area (Å²) in [4.78, 5) is 34.1. The fourth-order valence-corrected chi connectivity index (χ4v) is 5.60. The van der Waals surface area contributed by atoms with Gasteiger partial charge in [-0.2, -0.15) is 0 Å². The van der Waals surface area contributed by atoms with E-state index in [1.54, 1.807) is 0 Å². The predicted octanol–water partition coefficient (Wildman–Crippen LogP) is 5.63. The second-order valence-corrected chi connectivity index (χ2v) is 10.7. The lowest BCUT2D eigenvalue weighted by Gasteiger charge is -2.41. The van der Waals surface area contributed by atoms with Gasteiger partial charge in [0.2, 0.25) is 11.2 Å². The zero-order chi connectivity index (χ0) is 26.5. The minimum atomic E-state index is -5.58. The first kappa shape index (κ1) is 26.5. The zero-order valence-corrected chi connectivity index (χ0v) is 20.3. The van der Waals surface area contributed by atoms with Crippen molar-refractivity contribution in [1.29, 1.82) is 0 Å². The lowest BCUT2D eigenvalue weighted by Crippen LogP contribution is -2.60. The van der Waals surface area contributed by atoms with Crippen LogP contribution in [-0.4, -0.2) is 39.4 Å². The molecule has 0 spiro atoms. The molecule has 1 heterocycles. The van der Waals surface area contributed by atoms with Gasteiger partial charge in [-0.3, -0.25) is 14.5 Å². The summed E-state index contributed by atoms with van der Waals surface area (Å²) in [6.07, 6.45) is 3.37. The van der Waals surface area contributed by atoms with Gasteiger partial charge in [-0.05, 0) is 49.9 Å². The molecule has 36 heavy (non-hydrogen) atoms. The van der Waals surface area contributed by atoms with Crippen LogP contribution in [0, 0.1) is 11.8 Å². The Morgan fingerprint density at radius 1 is 1.17 bits per heavy atom. The van der Waals surface area contributed by atoms with Crippen molar-refractivity contribution < 1.29 is 34.4 Å². The van der Waals surface area contributed by atoms with Crippen molar-refractivity contribution in [2.45, 2.75) is 54.2 Å². The van der Waals surface area contributed by atoms with Crippen LogP contribution in [0.2, 0.25) is 0 Å². The average molecular weight is 555 g/mol. The van der Waals surface area contributed by atoms with Crippen molar-refractivity contribution in [3.05, 3.63) is 48.5 Å². The molecule has 2 bridgehead atoms. The summed E-state index contributed by atoms with van der Waals surface area (Å²) in [7, 11) is 0. The molecule has 1 aromatic carbocycles. The molecule has 1 N–H and O–H groups in total. The van der Waals surface area contributed by atoms with Crippen LogP contribution in [0.15, 0.2) is 47.9 Å². The average Bonchev–Trinajstić information content (AvgIpc) is 3.34. The summed E-state index contributed by atoms with van der Waals surface area (Å²) in [5.41, 5.74) is -4.96. The molecular weight excluding hydrogens is 534 g/mol. The summed E-state index contributed by atoms with van der Waals surface area (Å²) in [6.45, 7) is 1.24. The molecule has 2 aliphatic rings. The number of rotatable bonds is 7. The van der Waals surface area contributed by atoms with Crippen LogP contribution in [-0.2, 0) is 15.1 Å². The minimum absolute atomic E-state index is 0.00664. The molecule has 5 atom stereocenters. The third-order valence-corrected chi connectivity index (χ3v) is 7.92. The summed E-state index contributed by atoms with van der Waals surface area (Å²) in [5, 5.41) is 2.70. The first-order valence-corrected chi connectivity index (χ1v) is 12.6. The monoisotopic (exact) mass is 554 g/mol. The molecule has 2 unspecified atom stereocenters. The lowest BCUT2D eigenvalue weighted by atomic mass is 9.87. The molecule has 2 aliphatic carbocycles. The fraction of sp³-hybridized carbons (Fsp3) is 0.455. The molecule has 2 fully saturated rings. The highest BCUT2D eigenvalue weighted by molar-refractivity contribution is 8.20. The molecule has 0 radical (unpaired) electrons. The maximum Gasteiger partial charge on any atom is 0.278 e. The Hall–Kier alpha value is -2.54. The Kier molecular flexibility index (Phi) is 6.93. The van der Waals surface area contributed by atoms with Crippen LogP contribution in [0.25, 0.3) is 0 Å². The van der Waals surface area contributed by atoms with Gasteiger partial charge in [0.25, 0.3) is 23.4 Å². The predicted molar refractivity (Wildman–Crippen MR) is 121 cm³/mol. The molecule has 1 aromatic heterocycles. The Morgan fingerprint density at radius 3 is 2.25 bits per heavy atom. The standard InChI is InChI=1S/C22H21ClF6N4O2S/c1-21(14-9-30-11-31-10-14,20(35)32-17-7-13-6-12(17)8-22(13,25)26)33(19(34)18(23)24)15-2-4-16(5-3-15)36(27,28)29/h2-5,9-13,17-18H,6-8H2,1H3,(H,32,35)/t12?,13?,17-,18-,21+/m0/s1. The normalized spacial score (nSPS) is 25.6. The molecule has 2 saturated carbocycles. The summed E-state index contributed by atoms with van der Waals surface area (Å²) in [6, 6.07) is 2.66. The minimum Gasteiger partial charge on any atom is -0.351 e. The van der Waals surface area contributed by atoms with Gasteiger partial charge >= 0.3 is 0 Å². The van der Waals surface area contributed by atoms with Gasteiger partial charge < -0.3 is 5.32 Å². The number of amides is 2. The van der Waals surface area contributed by atoms with Gasteiger partial charge in [0.15, 0.2) is 5.54 Å². The van der Waals surface area contributed by atoms with Gasteiger partial charge in [-0.15, -0.1) is 11.7 Å². The van der Waals surface area contributed by atoms with E-state index in [1.165, 1.54) is 19.3 Å². The number of anilines is 1. The van der Waals surface area contributed by atoms with Crippen molar-refractivity contribution in [2.75, 3.05) is 4.90 Å². The molecule has 4 rings (SSSR count). The first-order valence-electron chi connectivity index (χ1n) is 10.8. The summed E-state index contributed by atoms with van der Waals surface area (Å²) >= 11 is -0.132. The van der Waals surface area contributed by atoms with Crippen LogP contribution in [0.1, 0.15) is 31.7 Å². The third kappa shape index (κ3) is 4.74. The Morgan fingerprint density at radius 2 is 1.78 bits per heavy atom. The van der Waals surface area contributed by atoms with Crippen LogP contribution in [0.4, 0.5) is 30.5 Å². The van der Waals surface area contributed by atoms with Crippen molar-refractivity contribution in [1.82, 2.24) is 15.3 Å². The number of carbonyl (C=O) groups is 2. The molecular formula is C22H21ClF6N4O2S. The molecule has 6 nitrogen and oxygen atoms in total. The van der Waals surface area contributed by atoms with E-state index in [-0.39, 0.29) is 24.1 Å². The van der Waals surface area contributed by atoms with Crippen molar-refractivity contribution in [3.63, 3.8) is 0 Å². The molecule has 0 saturated heterocycles. The SMILES string of the molecule is C[C@](C(=O)N[C@H]1CC2CC1CC2(F)F)(c1cncnc1)N(C(=O)[C@H](F)Cl)c1ccc(S(F)(F)F)cc1. The Balaban J connectivity index is 1.76. The number of aromatic nitrogens is 2. The Bertz CT molecular complexity index is 1140. The highest BCUT2D eigenvalue weighted by atomic mass is 35.5. The van der Waals surface area contributed by atoms with Crippen LogP contribution in [0.3, 0.4) is 0 Å². The number of hydrogen-bond acceptors (Lipinski definition) is 4. The third-order valence-electron chi connectivity index (χ3n) is 6.92. The zero-order valence-electron chi connectivity index (χ0n) is 18.7. The highest BCUT2D eigenvalue weighted by Crippen LogP contribution is 2.60. The van der Waals surface area contributed by atoms with Crippen LogP contribution < -0.4 is 10.2 Å². The van der Waals surface area contributed by atoms with Gasteiger partial charge in [0, 0.05) is 42.0 Å². The molecule has 196 valence electrons. The van der Waals surface area contributed by atoms with E-state index in [1.807, 2.05) is 0 Å². The van der Waals surface area contributed by atoms with Gasteiger partial charge in [0.05, 0.1) is 4.90 Å². The number of hydrogen-bond donors (Lipinski definition) is 1. The first-order chi connectivity index (χ1) is 16.7. The number of fused-ring (bicyclic) bond motifs is 2. The number of benzene rings is 1. The maximum atomic E-state index is 14.2. The van der Waals surface area contributed by atoms with Crippen molar-refractivity contribution >= 4 is 40.3 Å². The van der Waals surface area contributed by atoms with Gasteiger partial charge in [-0.1, -0.05) is 11.6 Å². The second kappa shape index (κ2) is 9.40. The number of alkyl halides is 4. The van der Waals surface area contributed by atoms with Crippen LogP contribution >= 0.6 is 22.8 Å². The van der Waals surface area contributed by atoms with E-state index < -0.39 is 69.3 Å². The van der Waals surface area contributed by atoms with Crippen molar-refractivity contribution in [2.24, 2.45) is 11.8 Å². The largest absolute Gasteiger partial charge is 0.351 e. The van der Waals surface area contributed by atoms with E-state index >= 15 is 0 Å². The van der Waals surface area contributed by atoms with Gasteiger partial charge in [-0.25, -0.2) is 23.1 Å². The maximum absolute atomic E-state index is 14.2. The van der Waals surface area contributed by atoms with E-state index in [2.05, 4.69) is 15.3 Å². The topological polar surface area (TPSA) is 75.2 Å². The van der Waals surface area contributed by atoms with E-state index in [0.717, 1.165) is 18.5 Å². The fourth-order valence-electron chi connectivity index (χ4n) is 5.06. The quantitative estimate of drug-likeness (QED) is 0.356. The van der Waals surface area contributed by atoms with E-state index in [0.29, 0.717) is 17.0 Å². The van der Waals surface area contributed by atoms with E-state index in [4.69, 9.17) is 11.6 Å². The highest BCUT2D eigenvalue weighted by Gasteiger charge is 2.58. The smallest absolute Gasteiger partial charge is 0.278 e. The lowest BCUT2D eigenvalue weighted by molar-refractivity contribution is -0.132. The number of nitrogens with zero attached hydrogens (tertiary/aromatic N) is 3. The number of nitrogens with one attached hydrogen (secondary N) is 1. The van der Waals surface area contributed by atoms with Crippen molar-refractivity contribution in [3.8, 4) is 0 Å². The number of carbonyl (C=O) groups excluding carboxylic acids is 2. The second-order valence-electron chi connectivity index (χ2n) is 9.05. The molecule has 2 aromatic rings. The molecule has 0 aliphatic heterocycles. The molecule has 14 heteroatoms. The van der Waals surface area contributed by atoms with E-state index in [9.17, 15) is 34.4 Å². The van der Waals surface area contributed by atoms with Gasteiger partial charge in [0.1, 0.15) is 6.33 Å². The van der Waals surface area contributed by atoms with Crippen LogP contribution in [0.5, 0.6) is 0 Å². The summed E-state index contributed by atoms with van der Waals surface area (Å²) < 4.78 is 81.7.